The number of hydrogen-bond donors (Lipinski definition) is 1. The molecule has 0 spiro atoms. The average molecular weight is 530 g/mol. The standard InChI is InChI=1S/C31H31NO7/c1-31(2,3)20-13-14-24(38-5)23(17-20)27(33)25-26(18-9-8-12-22(16-18)37-4)32(29(35)28(25)34)21-11-7-10-19(15-21)30(36)39-6/h7-17,26,33H,1-6H3/b27-25+. The first-order chi connectivity index (χ1) is 18.5. The minimum absolute atomic E-state index is 0.110. The molecule has 4 rings (SSSR count). The number of carbonyl (C=O) groups is 3. The predicted octanol–water partition coefficient (Wildman–Crippen LogP) is 5.41. The largest absolute Gasteiger partial charge is 0.507 e. The van der Waals surface area contributed by atoms with Gasteiger partial charge in [0.05, 0.1) is 44.1 Å². The molecule has 1 unspecified atom stereocenters. The number of esters is 1. The lowest BCUT2D eigenvalue weighted by Crippen LogP contribution is -2.29. The third-order valence-corrected chi connectivity index (χ3v) is 6.72. The second-order valence-corrected chi connectivity index (χ2v) is 10.2. The Labute approximate surface area is 227 Å². The molecular weight excluding hydrogens is 498 g/mol. The first kappa shape index (κ1) is 27.4. The molecule has 1 N–H and O–H groups in total. The van der Waals surface area contributed by atoms with Crippen molar-refractivity contribution in [3.05, 3.63) is 94.6 Å². The SMILES string of the molecule is COC(=O)c1cccc(N2C(=O)C(=O)/C(=C(/O)c3cc(C(C)(C)C)ccc3OC)C2c2cccc(OC)c2)c1. The maximum Gasteiger partial charge on any atom is 0.337 e. The Balaban J connectivity index is 2.01. The van der Waals surface area contributed by atoms with Crippen molar-refractivity contribution in [3.63, 3.8) is 0 Å². The van der Waals surface area contributed by atoms with Gasteiger partial charge in [-0.05, 0) is 59.0 Å². The zero-order valence-corrected chi connectivity index (χ0v) is 22.8. The molecule has 1 aliphatic rings. The normalized spacial score (nSPS) is 16.8. The third-order valence-electron chi connectivity index (χ3n) is 6.72. The number of ether oxygens (including phenoxy) is 3. The molecule has 0 aromatic heterocycles. The molecule has 0 saturated carbocycles. The highest BCUT2D eigenvalue weighted by Crippen LogP contribution is 2.44. The van der Waals surface area contributed by atoms with Gasteiger partial charge in [0, 0.05) is 5.69 Å². The van der Waals surface area contributed by atoms with Gasteiger partial charge in [0.1, 0.15) is 17.3 Å². The number of methoxy groups -OCH3 is 3. The fourth-order valence-corrected chi connectivity index (χ4v) is 4.63. The number of rotatable bonds is 6. The van der Waals surface area contributed by atoms with E-state index in [9.17, 15) is 19.5 Å². The highest BCUT2D eigenvalue weighted by molar-refractivity contribution is 6.51. The predicted molar refractivity (Wildman–Crippen MR) is 147 cm³/mol. The molecule has 0 bridgehead atoms. The number of benzene rings is 3. The van der Waals surface area contributed by atoms with Crippen LogP contribution < -0.4 is 14.4 Å². The number of aliphatic hydroxyl groups excluding tert-OH is 1. The van der Waals surface area contributed by atoms with Gasteiger partial charge < -0.3 is 19.3 Å². The summed E-state index contributed by atoms with van der Waals surface area (Å²) in [6.45, 7) is 6.09. The molecule has 1 saturated heterocycles. The second kappa shape index (κ2) is 10.6. The summed E-state index contributed by atoms with van der Waals surface area (Å²) in [7, 11) is 4.24. The number of carbonyl (C=O) groups excluding carboxylic acids is 3. The molecule has 202 valence electrons. The molecule has 0 aliphatic carbocycles. The highest BCUT2D eigenvalue weighted by Gasteiger charge is 2.47. The minimum atomic E-state index is -1.02. The van der Waals surface area contributed by atoms with Crippen LogP contribution in [-0.4, -0.2) is 44.1 Å². The van der Waals surface area contributed by atoms with Crippen LogP contribution in [0.3, 0.4) is 0 Å². The molecule has 1 aliphatic heterocycles. The maximum absolute atomic E-state index is 13.6. The van der Waals surface area contributed by atoms with E-state index in [2.05, 4.69) is 0 Å². The monoisotopic (exact) mass is 529 g/mol. The van der Waals surface area contributed by atoms with Gasteiger partial charge in [-0.1, -0.05) is 45.0 Å². The van der Waals surface area contributed by atoms with E-state index in [1.807, 2.05) is 26.8 Å². The third kappa shape index (κ3) is 5.10. The molecule has 8 nitrogen and oxygen atoms in total. The summed E-state index contributed by atoms with van der Waals surface area (Å²) >= 11 is 0. The number of anilines is 1. The van der Waals surface area contributed by atoms with Crippen LogP contribution in [0.5, 0.6) is 11.5 Å². The Morgan fingerprint density at radius 1 is 0.897 bits per heavy atom. The molecular formula is C31H31NO7. The zero-order chi connectivity index (χ0) is 28.5. The molecule has 0 radical (unpaired) electrons. The van der Waals surface area contributed by atoms with E-state index < -0.39 is 23.7 Å². The van der Waals surface area contributed by atoms with Crippen molar-refractivity contribution in [1.82, 2.24) is 0 Å². The van der Waals surface area contributed by atoms with Crippen LogP contribution in [0.25, 0.3) is 5.76 Å². The molecule has 1 heterocycles. The van der Waals surface area contributed by atoms with E-state index in [1.54, 1.807) is 54.6 Å². The Morgan fingerprint density at radius 2 is 1.62 bits per heavy atom. The lowest BCUT2D eigenvalue weighted by molar-refractivity contribution is -0.132. The first-order valence-electron chi connectivity index (χ1n) is 12.3. The van der Waals surface area contributed by atoms with Crippen molar-refractivity contribution < 1.29 is 33.7 Å². The van der Waals surface area contributed by atoms with E-state index in [1.165, 1.54) is 32.3 Å². The second-order valence-electron chi connectivity index (χ2n) is 10.2. The number of ketones is 1. The minimum Gasteiger partial charge on any atom is -0.507 e. The molecule has 1 amide bonds. The number of aliphatic hydroxyl groups is 1. The zero-order valence-electron chi connectivity index (χ0n) is 22.8. The Kier molecular flexibility index (Phi) is 7.49. The van der Waals surface area contributed by atoms with E-state index in [0.717, 1.165) is 5.56 Å². The molecule has 3 aromatic carbocycles. The summed E-state index contributed by atoms with van der Waals surface area (Å²) in [6, 6.07) is 17.5. The summed E-state index contributed by atoms with van der Waals surface area (Å²) in [5.41, 5.74) is 1.87. The summed E-state index contributed by atoms with van der Waals surface area (Å²) < 4.78 is 15.8. The van der Waals surface area contributed by atoms with Gasteiger partial charge in [0.15, 0.2) is 0 Å². The van der Waals surface area contributed by atoms with Crippen molar-refractivity contribution in [2.24, 2.45) is 0 Å². The molecule has 3 aromatic rings. The van der Waals surface area contributed by atoms with Crippen LogP contribution in [0, 0.1) is 0 Å². The van der Waals surface area contributed by atoms with Crippen LogP contribution in [-0.2, 0) is 19.7 Å². The van der Waals surface area contributed by atoms with Gasteiger partial charge in [-0.15, -0.1) is 0 Å². The number of hydrogen-bond acceptors (Lipinski definition) is 7. The van der Waals surface area contributed by atoms with Gasteiger partial charge in [0.25, 0.3) is 11.7 Å². The highest BCUT2D eigenvalue weighted by atomic mass is 16.5. The Hall–Kier alpha value is -4.59. The van der Waals surface area contributed by atoms with Crippen LogP contribution >= 0.6 is 0 Å². The van der Waals surface area contributed by atoms with Crippen LogP contribution in [0.15, 0.2) is 72.3 Å². The fraction of sp³-hybridized carbons (Fsp3) is 0.258. The molecule has 8 heteroatoms. The van der Waals surface area contributed by atoms with Crippen molar-refractivity contribution in [2.75, 3.05) is 26.2 Å². The molecule has 39 heavy (non-hydrogen) atoms. The summed E-state index contributed by atoms with van der Waals surface area (Å²) in [5, 5.41) is 11.7. The van der Waals surface area contributed by atoms with Crippen molar-refractivity contribution >= 4 is 29.1 Å². The van der Waals surface area contributed by atoms with Crippen LogP contribution in [0.4, 0.5) is 5.69 Å². The smallest absolute Gasteiger partial charge is 0.337 e. The van der Waals surface area contributed by atoms with Crippen LogP contribution in [0.2, 0.25) is 0 Å². The number of Topliss-reactive ketones (excluding diaryl/α,β-unsaturated/α-hetero) is 1. The number of nitrogens with zero attached hydrogens (tertiary/aromatic N) is 1. The van der Waals surface area contributed by atoms with Gasteiger partial charge in [0.2, 0.25) is 0 Å². The topological polar surface area (TPSA) is 102 Å². The summed E-state index contributed by atoms with van der Waals surface area (Å²) in [5.74, 6) is -1.81. The van der Waals surface area contributed by atoms with Gasteiger partial charge in [-0.25, -0.2) is 4.79 Å². The van der Waals surface area contributed by atoms with Gasteiger partial charge >= 0.3 is 5.97 Å². The summed E-state index contributed by atoms with van der Waals surface area (Å²) in [6.07, 6.45) is 0. The van der Waals surface area contributed by atoms with Crippen LogP contribution in [0.1, 0.15) is 53.9 Å². The lowest BCUT2D eigenvalue weighted by atomic mass is 9.85. The summed E-state index contributed by atoms with van der Waals surface area (Å²) in [4.78, 5) is 40.7. The van der Waals surface area contributed by atoms with Gasteiger partial charge in [-0.2, -0.15) is 0 Å². The lowest BCUT2D eigenvalue weighted by Gasteiger charge is -2.26. The van der Waals surface area contributed by atoms with Crippen molar-refractivity contribution in [2.45, 2.75) is 32.2 Å². The molecule has 1 atom stereocenters. The average Bonchev–Trinajstić information content (AvgIpc) is 3.21. The Bertz CT molecular complexity index is 1480. The quantitative estimate of drug-likeness (QED) is 0.197. The van der Waals surface area contributed by atoms with E-state index >= 15 is 0 Å². The molecule has 1 fully saturated rings. The van der Waals surface area contributed by atoms with Crippen molar-refractivity contribution in [3.8, 4) is 11.5 Å². The van der Waals surface area contributed by atoms with Crippen molar-refractivity contribution in [1.29, 1.82) is 0 Å². The Morgan fingerprint density at radius 3 is 2.26 bits per heavy atom. The van der Waals surface area contributed by atoms with Gasteiger partial charge in [-0.3, -0.25) is 14.5 Å². The van der Waals surface area contributed by atoms with E-state index in [0.29, 0.717) is 28.3 Å². The first-order valence-corrected chi connectivity index (χ1v) is 12.3. The van der Waals surface area contributed by atoms with E-state index in [-0.39, 0.29) is 22.3 Å². The number of amides is 1. The van der Waals surface area contributed by atoms with E-state index in [4.69, 9.17) is 14.2 Å². The fourth-order valence-electron chi connectivity index (χ4n) is 4.63. The maximum atomic E-state index is 13.6.